The van der Waals surface area contributed by atoms with Crippen molar-refractivity contribution in [1.82, 2.24) is 14.5 Å². The summed E-state index contributed by atoms with van der Waals surface area (Å²) in [5.41, 5.74) is 2.42. The molecule has 2 amide bonds. The number of nitrogens with one attached hydrogen (secondary N) is 1. The molecule has 0 aliphatic heterocycles. The molecule has 2 aromatic carbocycles. The van der Waals surface area contributed by atoms with Crippen LogP contribution in [0.15, 0.2) is 83.6 Å². The van der Waals surface area contributed by atoms with E-state index in [4.69, 9.17) is 9.15 Å². The molecule has 4 aromatic rings. The molecule has 0 aliphatic carbocycles. The highest BCUT2D eigenvalue weighted by Gasteiger charge is 2.22. The number of furan rings is 1. The van der Waals surface area contributed by atoms with Crippen LogP contribution in [0.2, 0.25) is 0 Å². The molecule has 0 radical (unpaired) electrons. The summed E-state index contributed by atoms with van der Waals surface area (Å²) in [7, 11) is 1.62. The standard InChI is InChI=1S/C27H28N4O4/c1-19(2)26(33)30(16-23-10-7-15-35-23)18-25(32)29-27-28-24(20-11-13-22(34-3)14-12-20)17-31(27)21-8-5-4-6-9-21/h4-15,17,19H,16,18H2,1-3H3,(H,28,29,32). The van der Waals surface area contributed by atoms with E-state index < -0.39 is 0 Å². The number of carbonyl (C=O) groups excluding carboxylic acids is 2. The van der Waals surface area contributed by atoms with Crippen molar-refractivity contribution in [3.8, 4) is 22.7 Å². The number of aromatic nitrogens is 2. The molecule has 35 heavy (non-hydrogen) atoms. The van der Waals surface area contributed by atoms with Crippen LogP contribution in [0.1, 0.15) is 19.6 Å². The van der Waals surface area contributed by atoms with E-state index in [0.29, 0.717) is 17.4 Å². The van der Waals surface area contributed by atoms with E-state index in [-0.39, 0.29) is 30.8 Å². The number of para-hydroxylation sites is 1. The van der Waals surface area contributed by atoms with Gasteiger partial charge in [-0.2, -0.15) is 0 Å². The number of benzene rings is 2. The van der Waals surface area contributed by atoms with E-state index in [0.717, 1.165) is 17.0 Å². The molecule has 8 heteroatoms. The number of hydrogen-bond acceptors (Lipinski definition) is 5. The minimum absolute atomic E-state index is 0.128. The first kappa shape index (κ1) is 23.8. The van der Waals surface area contributed by atoms with Crippen molar-refractivity contribution >= 4 is 17.8 Å². The highest BCUT2D eigenvalue weighted by molar-refractivity contribution is 5.94. The number of anilines is 1. The fourth-order valence-electron chi connectivity index (χ4n) is 3.66. The van der Waals surface area contributed by atoms with Gasteiger partial charge in [0.15, 0.2) is 0 Å². The highest BCUT2D eigenvalue weighted by atomic mass is 16.5. The molecule has 2 aromatic heterocycles. The average molecular weight is 473 g/mol. The van der Waals surface area contributed by atoms with Crippen molar-refractivity contribution in [1.29, 1.82) is 0 Å². The number of ether oxygens (including phenoxy) is 1. The van der Waals surface area contributed by atoms with Gasteiger partial charge in [0, 0.05) is 23.4 Å². The summed E-state index contributed by atoms with van der Waals surface area (Å²) in [5, 5.41) is 2.89. The normalized spacial score (nSPS) is 10.9. The quantitative estimate of drug-likeness (QED) is 0.379. The summed E-state index contributed by atoms with van der Waals surface area (Å²) < 4.78 is 12.5. The maximum absolute atomic E-state index is 13.1. The minimum atomic E-state index is -0.352. The van der Waals surface area contributed by atoms with Gasteiger partial charge in [-0.3, -0.25) is 19.5 Å². The monoisotopic (exact) mass is 472 g/mol. The topological polar surface area (TPSA) is 89.6 Å². The largest absolute Gasteiger partial charge is 0.497 e. The van der Waals surface area contributed by atoms with E-state index in [1.807, 2.05) is 65.4 Å². The Morgan fingerprint density at radius 2 is 1.80 bits per heavy atom. The number of amides is 2. The van der Waals surface area contributed by atoms with Crippen LogP contribution in [0.5, 0.6) is 5.75 Å². The summed E-state index contributed by atoms with van der Waals surface area (Å²) >= 11 is 0. The number of carbonyl (C=O) groups is 2. The first-order chi connectivity index (χ1) is 16.9. The molecule has 1 N–H and O–H groups in total. The zero-order valence-electron chi connectivity index (χ0n) is 20.0. The fraction of sp³-hybridized carbons (Fsp3) is 0.222. The Kier molecular flexibility index (Phi) is 7.30. The second-order valence-electron chi connectivity index (χ2n) is 8.36. The maximum Gasteiger partial charge on any atom is 0.246 e. The summed E-state index contributed by atoms with van der Waals surface area (Å²) in [4.78, 5) is 32.0. The molecule has 8 nitrogen and oxygen atoms in total. The lowest BCUT2D eigenvalue weighted by Crippen LogP contribution is -2.39. The van der Waals surface area contributed by atoms with E-state index in [1.54, 1.807) is 39.4 Å². The van der Waals surface area contributed by atoms with E-state index in [9.17, 15) is 9.59 Å². The maximum atomic E-state index is 13.1. The predicted octanol–water partition coefficient (Wildman–Crippen LogP) is 4.76. The summed E-state index contributed by atoms with van der Waals surface area (Å²) in [6.45, 7) is 3.69. The lowest BCUT2D eigenvalue weighted by Gasteiger charge is -2.23. The molecule has 0 spiro atoms. The molecule has 0 unspecified atom stereocenters. The number of nitrogens with zero attached hydrogens (tertiary/aromatic N) is 3. The number of imidazole rings is 1. The Labute approximate surface area is 204 Å². The average Bonchev–Trinajstić information content (AvgIpc) is 3.54. The van der Waals surface area contributed by atoms with Gasteiger partial charge in [0.05, 0.1) is 25.6 Å². The van der Waals surface area contributed by atoms with Crippen LogP contribution in [0, 0.1) is 5.92 Å². The smallest absolute Gasteiger partial charge is 0.246 e. The molecular weight excluding hydrogens is 444 g/mol. The number of hydrogen-bond donors (Lipinski definition) is 1. The molecule has 0 saturated carbocycles. The van der Waals surface area contributed by atoms with Crippen molar-refractivity contribution in [3.05, 3.63) is 85.0 Å². The van der Waals surface area contributed by atoms with Gasteiger partial charge in [0.2, 0.25) is 17.8 Å². The van der Waals surface area contributed by atoms with Gasteiger partial charge in [0.25, 0.3) is 0 Å². The zero-order chi connectivity index (χ0) is 24.8. The van der Waals surface area contributed by atoms with Crippen LogP contribution in [-0.2, 0) is 16.1 Å². The van der Waals surface area contributed by atoms with Crippen LogP contribution in [0.25, 0.3) is 16.9 Å². The Hall–Kier alpha value is -4.33. The van der Waals surface area contributed by atoms with Gasteiger partial charge in [-0.25, -0.2) is 4.98 Å². The molecule has 0 saturated heterocycles. The van der Waals surface area contributed by atoms with Gasteiger partial charge in [-0.1, -0.05) is 32.0 Å². The SMILES string of the molecule is COc1ccc(-c2cn(-c3ccccc3)c(NC(=O)CN(Cc3ccco3)C(=O)C(C)C)n2)cc1. The Morgan fingerprint density at radius 1 is 1.06 bits per heavy atom. The third-order valence-corrected chi connectivity index (χ3v) is 5.44. The van der Waals surface area contributed by atoms with Crippen molar-refractivity contribution < 1.29 is 18.7 Å². The summed E-state index contributed by atoms with van der Waals surface area (Å²) in [6.07, 6.45) is 3.41. The first-order valence-corrected chi connectivity index (χ1v) is 11.3. The van der Waals surface area contributed by atoms with Crippen LogP contribution < -0.4 is 10.1 Å². The Morgan fingerprint density at radius 3 is 2.43 bits per heavy atom. The van der Waals surface area contributed by atoms with Gasteiger partial charge in [-0.15, -0.1) is 0 Å². The second kappa shape index (κ2) is 10.7. The first-order valence-electron chi connectivity index (χ1n) is 11.3. The summed E-state index contributed by atoms with van der Waals surface area (Å²) in [6, 6.07) is 20.7. The predicted molar refractivity (Wildman–Crippen MR) is 133 cm³/mol. The van der Waals surface area contributed by atoms with Crippen LogP contribution >= 0.6 is 0 Å². The lowest BCUT2D eigenvalue weighted by molar-refractivity contribution is -0.138. The van der Waals surface area contributed by atoms with E-state index >= 15 is 0 Å². The van der Waals surface area contributed by atoms with Crippen LogP contribution in [-0.4, -0.2) is 39.9 Å². The van der Waals surface area contributed by atoms with Crippen LogP contribution in [0.3, 0.4) is 0 Å². The molecule has 4 rings (SSSR count). The van der Waals surface area contributed by atoms with Crippen molar-refractivity contribution in [2.75, 3.05) is 19.0 Å². The fourth-order valence-corrected chi connectivity index (χ4v) is 3.66. The molecule has 180 valence electrons. The van der Waals surface area contributed by atoms with Crippen molar-refractivity contribution in [3.63, 3.8) is 0 Å². The Bertz CT molecular complexity index is 1260. The second-order valence-corrected chi connectivity index (χ2v) is 8.36. The van der Waals surface area contributed by atoms with Gasteiger partial charge in [-0.05, 0) is 48.5 Å². The molecular formula is C27H28N4O4. The molecule has 2 heterocycles. The molecule has 0 fully saturated rings. The van der Waals surface area contributed by atoms with Crippen LogP contribution in [0.4, 0.5) is 5.95 Å². The third-order valence-electron chi connectivity index (χ3n) is 5.44. The van der Waals surface area contributed by atoms with E-state index in [1.165, 1.54) is 4.90 Å². The number of rotatable bonds is 9. The van der Waals surface area contributed by atoms with Gasteiger partial charge >= 0.3 is 0 Å². The van der Waals surface area contributed by atoms with Gasteiger partial charge < -0.3 is 14.1 Å². The minimum Gasteiger partial charge on any atom is -0.497 e. The molecule has 0 bridgehead atoms. The highest BCUT2D eigenvalue weighted by Crippen LogP contribution is 2.26. The van der Waals surface area contributed by atoms with Crippen molar-refractivity contribution in [2.24, 2.45) is 5.92 Å². The van der Waals surface area contributed by atoms with E-state index in [2.05, 4.69) is 10.3 Å². The lowest BCUT2D eigenvalue weighted by atomic mass is 10.1. The Balaban J connectivity index is 1.60. The number of methoxy groups -OCH3 is 1. The van der Waals surface area contributed by atoms with Gasteiger partial charge in [0.1, 0.15) is 18.1 Å². The zero-order valence-corrected chi connectivity index (χ0v) is 20.0. The third kappa shape index (κ3) is 5.78. The molecule has 0 atom stereocenters. The molecule has 0 aliphatic rings. The summed E-state index contributed by atoms with van der Waals surface area (Å²) in [5.74, 6) is 0.972. The van der Waals surface area contributed by atoms with Crippen molar-refractivity contribution in [2.45, 2.75) is 20.4 Å².